The lowest BCUT2D eigenvalue weighted by Gasteiger charge is -2.15. The Morgan fingerprint density at radius 2 is 1.90 bits per heavy atom. The van der Waals surface area contributed by atoms with Crippen LogP contribution in [0, 0.1) is 0 Å². The Bertz CT molecular complexity index is 75.8. The monoisotopic (exact) mass is 162 g/mol. The maximum Gasteiger partial charge on any atom is 0.0614 e. The molecule has 1 nitrogen and oxygen atoms in total. The Morgan fingerprint density at radius 1 is 1.30 bits per heavy atom. The van der Waals surface area contributed by atoms with E-state index in [4.69, 9.17) is 4.18 Å². The SMILES string of the molecule is CCCCOSC(C)(C)C. The molecule has 0 unspecified atom stereocenters. The minimum Gasteiger partial charge on any atom is -0.315 e. The Kier molecular flexibility index (Phi) is 5.18. The first kappa shape index (κ1) is 10.3. The van der Waals surface area contributed by atoms with Crippen LogP contribution in [0.1, 0.15) is 40.5 Å². The molecule has 0 radical (unpaired) electrons. The van der Waals surface area contributed by atoms with Crippen LogP contribution in [0.3, 0.4) is 0 Å². The Morgan fingerprint density at radius 3 is 2.30 bits per heavy atom. The molecule has 0 aromatic carbocycles. The Hall–Kier alpha value is 0.310. The number of hydrogen-bond acceptors (Lipinski definition) is 2. The molecule has 0 N–H and O–H groups in total. The number of rotatable bonds is 4. The lowest BCUT2D eigenvalue weighted by atomic mass is 10.3. The molecule has 0 aliphatic carbocycles. The summed E-state index contributed by atoms with van der Waals surface area (Å²) in [5.41, 5.74) is 0. The minimum atomic E-state index is 0.244. The van der Waals surface area contributed by atoms with Crippen LogP contribution < -0.4 is 0 Å². The van der Waals surface area contributed by atoms with Crippen molar-refractivity contribution in [2.75, 3.05) is 6.61 Å². The van der Waals surface area contributed by atoms with Gasteiger partial charge in [0.25, 0.3) is 0 Å². The average Bonchev–Trinajstić information content (AvgIpc) is 1.78. The molecule has 2 heteroatoms. The van der Waals surface area contributed by atoms with Crippen LogP contribution in [-0.2, 0) is 4.18 Å². The van der Waals surface area contributed by atoms with Crippen molar-refractivity contribution in [1.29, 1.82) is 0 Å². The largest absolute Gasteiger partial charge is 0.315 e. The van der Waals surface area contributed by atoms with Gasteiger partial charge in [-0.2, -0.15) is 0 Å². The molecule has 0 spiro atoms. The van der Waals surface area contributed by atoms with Gasteiger partial charge in [0.2, 0.25) is 0 Å². The fourth-order valence-electron chi connectivity index (χ4n) is 0.422. The van der Waals surface area contributed by atoms with Crippen molar-refractivity contribution in [3.05, 3.63) is 0 Å². The molecule has 0 aliphatic rings. The van der Waals surface area contributed by atoms with Gasteiger partial charge in [0.1, 0.15) is 0 Å². The van der Waals surface area contributed by atoms with Crippen LogP contribution in [0.15, 0.2) is 0 Å². The smallest absolute Gasteiger partial charge is 0.0614 e. The van der Waals surface area contributed by atoms with Crippen molar-refractivity contribution in [3.63, 3.8) is 0 Å². The molecule has 0 bridgehead atoms. The molecular weight excluding hydrogens is 144 g/mol. The number of hydrogen-bond donors (Lipinski definition) is 0. The van der Waals surface area contributed by atoms with Gasteiger partial charge in [-0.3, -0.25) is 0 Å². The summed E-state index contributed by atoms with van der Waals surface area (Å²) in [4.78, 5) is 0. The third kappa shape index (κ3) is 8.31. The molecule has 62 valence electrons. The summed E-state index contributed by atoms with van der Waals surface area (Å²) in [6.07, 6.45) is 2.38. The van der Waals surface area contributed by atoms with Crippen LogP contribution in [0.2, 0.25) is 0 Å². The Balaban J connectivity index is 3.04. The van der Waals surface area contributed by atoms with E-state index in [-0.39, 0.29) is 4.75 Å². The fourth-order valence-corrected chi connectivity index (χ4v) is 0.976. The van der Waals surface area contributed by atoms with Crippen molar-refractivity contribution in [3.8, 4) is 0 Å². The van der Waals surface area contributed by atoms with Gasteiger partial charge in [0.15, 0.2) is 0 Å². The second kappa shape index (κ2) is 5.03. The topological polar surface area (TPSA) is 9.23 Å². The maximum atomic E-state index is 5.36. The first-order valence-electron chi connectivity index (χ1n) is 3.87. The second-order valence-electron chi connectivity index (χ2n) is 3.37. The molecule has 0 aliphatic heterocycles. The molecule has 0 amide bonds. The van der Waals surface area contributed by atoms with Gasteiger partial charge >= 0.3 is 0 Å². The normalized spacial score (nSPS) is 12.0. The third-order valence-electron chi connectivity index (χ3n) is 0.890. The standard InChI is InChI=1S/C8H18OS/c1-5-6-7-9-10-8(2,3)4/h5-7H2,1-4H3. The van der Waals surface area contributed by atoms with E-state index >= 15 is 0 Å². The minimum absolute atomic E-state index is 0.244. The van der Waals surface area contributed by atoms with E-state index in [2.05, 4.69) is 27.7 Å². The van der Waals surface area contributed by atoms with Crippen molar-refractivity contribution in [2.24, 2.45) is 0 Å². The highest BCUT2D eigenvalue weighted by molar-refractivity contribution is 7.96. The van der Waals surface area contributed by atoms with Crippen molar-refractivity contribution in [2.45, 2.75) is 45.3 Å². The molecule has 0 aromatic heterocycles. The van der Waals surface area contributed by atoms with E-state index in [1.807, 2.05) is 0 Å². The highest BCUT2D eigenvalue weighted by atomic mass is 32.2. The lowest BCUT2D eigenvalue weighted by Crippen LogP contribution is -2.08. The van der Waals surface area contributed by atoms with Crippen LogP contribution in [0.4, 0.5) is 0 Å². The third-order valence-corrected chi connectivity index (χ3v) is 1.67. The molecule has 0 aromatic rings. The van der Waals surface area contributed by atoms with E-state index in [0.717, 1.165) is 6.61 Å². The van der Waals surface area contributed by atoms with E-state index < -0.39 is 0 Å². The van der Waals surface area contributed by atoms with Crippen LogP contribution in [-0.4, -0.2) is 11.4 Å². The zero-order valence-corrected chi connectivity index (χ0v) is 8.25. The molecule has 0 saturated heterocycles. The summed E-state index contributed by atoms with van der Waals surface area (Å²) in [5, 5.41) is 0. The summed E-state index contributed by atoms with van der Waals surface area (Å²) in [5.74, 6) is 0. The maximum absolute atomic E-state index is 5.36. The molecule has 0 saturated carbocycles. The molecule has 0 heterocycles. The first-order valence-corrected chi connectivity index (χ1v) is 4.61. The molecule has 10 heavy (non-hydrogen) atoms. The zero-order chi connectivity index (χ0) is 8.04. The van der Waals surface area contributed by atoms with E-state index in [1.54, 1.807) is 12.0 Å². The summed E-state index contributed by atoms with van der Waals surface area (Å²) in [7, 11) is 0. The average molecular weight is 162 g/mol. The van der Waals surface area contributed by atoms with Gasteiger partial charge in [-0.15, -0.1) is 0 Å². The van der Waals surface area contributed by atoms with Crippen LogP contribution in [0.5, 0.6) is 0 Å². The van der Waals surface area contributed by atoms with Crippen molar-refractivity contribution >= 4 is 12.0 Å². The summed E-state index contributed by atoms with van der Waals surface area (Å²) < 4.78 is 5.60. The predicted octanol–water partition coefficient (Wildman–Crippen LogP) is 3.25. The highest BCUT2D eigenvalue weighted by Crippen LogP contribution is 2.23. The fraction of sp³-hybridized carbons (Fsp3) is 1.00. The summed E-state index contributed by atoms with van der Waals surface area (Å²) >= 11 is 1.57. The number of unbranched alkanes of at least 4 members (excludes halogenated alkanes) is 1. The summed E-state index contributed by atoms with van der Waals surface area (Å²) in [6, 6.07) is 0. The molecule has 0 rings (SSSR count). The van der Waals surface area contributed by atoms with E-state index in [1.165, 1.54) is 12.8 Å². The lowest BCUT2D eigenvalue weighted by molar-refractivity contribution is 0.355. The van der Waals surface area contributed by atoms with Gasteiger partial charge in [-0.05, 0) is 39.2 Å². The van der Waals surface area contributed by atoms with E-state index in [0.29, 0.717) is 0 Å². The van der Waals surface area contributed by atoms with Gasteiger partial charge in [0.05, 0.1) is 6.61 Å². The van der Waals surface area contributed by atoms with E-state index in [9.17, 15) is 0 Å². The van der Waals surface area contributed by atoms with Gasteiger partial charge in [0, 0.05) is 4.75 Å². The molecule has 0 fully saturated rings. The summed E-state index contributed by atoms with van der Waals surface area (Å²) in [6.45, 7) is 9.53. The van der Waals surface area contributed by atoms with Crippen molar-refractivity contribution in [1.82, 2.24) is 0 Å². The Labute approximate surface area is 68.7 Å². The van der Waals surface area contributed by atoms with Gasteiger partial charge in [-0.1, -0.05) is 13.3 Å². The molecule has 0 atom stereocenters. The second-order valence-corrected chi connectivity index (χ2v) is 5.00. The molecular formula is C8H18OS. The van der Waals surface area contributed by atoms with Gasteiger partial charge < -0.3 is 4.18 Å². The van der Waals surface area contributed by atoms with Crippen molar-refractivity contribution < 1.29 is 4.18 Å². The zero-order valence-electron chi connectivity index (χ0n) is 7.44. The quantitative estimate of drug-likeness (QED) is 0.463. The highest BCUT2D eigenvalue weighted by Gasteiger charge is 2.10. The predicted molar refractivity (Wildman–Crippen MR) is 48.2 cm³/mol. The first-order chi connectivity index (χ1) is 4.56. The van der Waals surface area contributed by atoms with Crippen LogP contribution in [0.25, 0.3) is 0 Å². The van der Waals surface area contributed by atoms with Gasteiger partial charge in [-0.25, -0.2) is 0 Å². The van der Waals surface area contributed by atoms with Crippen LogP contribution >= 0.6 is 12.0 Å².